The number of hydrogen-bond donors (Lipinski definition) is 1. The number of rotatable bonds is 6. The molecule has 2 aromatic carbocycles. The van der Waals surface area contributed by atoms with Crippen LogP contribution in [0.2, 0.25) is 0 Å². The monoisotopic (exact) mass is 433 g/mol. The molecule has 0 radical (unpaired) electrons. The molecule has 32 heavy (non-hydrogen) atoms. The van der Waals surface area contributed by atoms with Crippen LogP contribution < -0.4 is 9.47 Å². The average molecular weight is 434 g/mol. The number of aryl methyl sites for hydroxylation is 1. The minimum atomic E-state index is -0.264. The van der Waals surface area contributed by atoms with E-state index in [0.717, 1.165) is 24.0 Å². The summed E-state index contributed by atoms with van der Waals surface area (Å²) in [6.45, 7) is 3.01. The minimum Gasteiger partial charge on any atom is -0.493 e. The number of aromatic amines is 1. The first-order valence-electron chi connectivity index (χ1n) is 10.7. The summed E-state index contributed by atoms with van der Waals surface area (Å²) in [5, 5.41) is 7.08. The Morgan fingerprint density at radius 1 is 1.09 bits per heavy atom. The number of Topliss-reactive ketones (excluding diaryl/α,β-unsaturated/α-hetero) is 1. The van der Waals surface area contributed by atoms with E-state index in [1.807, 2.05) is 31.2 Å². The lowest BCUT2D eigenvalue weighted by Gasteiger charge is -2.32. The van der Waals surface area contributed by atoms with Crippen LogP contribution in [-0.4, -0.2) is 54.1 Å². The van der Waals surface area contributed by atoms with Crippen LogP contribution >= 0.6 is 0 Å². The van der Waals surface area contributed by atoms with Crippen molar-refractivity contribution in [3.05, 3.63) is 65.4 Å². The van der Waals surface area contributed by atoms with E-state index >= 15 is 0 Å². The standard InChI is InChI=1S/C25H27N3O4/c1-16-6-4-7-17(12-16)23-20(14-26-27-23)25(30)28-11-5-8-19(15-28)24(29)18-9-10-21(31-2)22(13-18)32-3/h4,6-7,9-10,12-14,19H,5,8,11,15H2,1-3H3,(H,26,27). The Morgan fingerprint density at radius 3 is 2.66 bits per heavy atom. The quantitative estimate of drug-likeness (QED) is 0.591. The number of ether oxygens (including phenoxy) is 2. The molecule has 1 N–H and O–H groups in total. The van der Waals surface area contributed by atoms with Crippen LogP contribution in [0.4, 0.5) is 0 Å². The highest BCUT2D eigenvalue weighted by molar-refractivity contribution is 6.01. The van der Waals surface area contributed by atoms with E-state index in [0.29, 0.717) is 41.4 Å². The number of aromatic nitrogens is 2. The molecule has 0 spiro atoms. The molecule has 3 aromatic rings. The number of piperidine rings is 1. The molecular formula is C25H27N3O4. The van der Waals surface area contributed by atoms with Gasteiger partial charge in [-0.3, -0.25) is 14.7 Å². The molecule has 0 saturated carbocycles. The van der Waals surface area contributed by atoms with Gasteiger partial charge < -0.3 is 14.4 Å². The fourth-order valence-corrected chi connectivity index (χ4v) is 4.24. The lowest BCUT2D eigenvalue weighted by molar-refractivity contribution is 0.0637. The number of nitrogens with zero attached hydrogens (tertiary/aromatic N) is 2. The second-order valence-electron chi connectivity index (χ2n) is 8.05. The second-order valence-corrected chi connectivity index (χ2v) is 8.05. The van der Waals surface area contributed by atoms with Crippen molar-refractivity contribution < 1.29 is 19.1 Å². The van der Waals surface area contributed by atoms with Gasteiger partial charge in [0.25, 0.3) is 5.91 Å². The Hall–Kier alpha value is -3.61. The zero-order valence-electron chi connectivity index (χ0n) is 18.6. The largest absolute Gasteiger partial charge is 0.493 e. The van der Waals surface area contributed by atoms with Crippen molar-refractivity contribution in [2.45, 2.75) is 19.8 Å². The van der Waals surface area contributed by atoms with Crippen molar-refractivity contribution in [3.8, 4) is 22.8 Å². The molecule has 0 aliphatic carbocycles. The molecule has 1 aromatic heterocycles. The summed E-state index contributed by atoms with van der Waals surface area (Å²) in [6.07, 6.45) is 3.08. The number of ketones is 1. The number of amides is 1. The molecule has 166 valence electrons. The van der Waals surface area contributed by atoms with E-state index < -0.39 is 0 Å². The maximum Gasteiger partial charge on any atom is 0.257 e. The van der Waals surface area contributed by atoms with Gasteiger partial charge in [-0.25, -0.2) is 0 Å². The Balaban J connectivity index is 1.53. The maximum atomic E-state index is 13.3. The van der Waals surface area contributed by atoms with Crippen molar-refractivity contribution in [3.63, 3.8) is 0 Å². The summed E-state index contributed by atoms with van der Waals surface area (Å²) in [4.78, 5) is 28.3. The predicted molar refractivity (Wildman–Crippen MR) is 121 cm³/mol. The highest BCUT2D eigenvalue weighted by atomic mass is 16.5. The van der Waals surface area contributed by atoms with Crippen LogP contribution in [0.1, 0.15) is 39.1 Å². The Morgan fingerprint density at radius 2 is 1.91 bits per heavy atom. The van der Waals surface area contributed by atoms with Crippen LogP contribution in [0, 0.1) is 12.8 Å². The molecule has 1 atom stereocenters. The molecule has 4 rings (SSSR count). The van der Waals surface area contributed by atoms with Crippen LogP contribution in [0.15, 0.2) is 48.7 Å². The van der Waals surface area contributed by atoms with E-state index in [1.165, 1.54) is 0 Å². The number of carbonyl (C=O) groups is 2. The smallest absolute Gasteiger partial charge is 0.257 e. The van der Waals surface area contributed by atoms with Crippen LogP contribution in [-0.2, 0) is 0 Å². The van der Waals surface area contributed by atoms with Gasteiger partial charge in [0.15, 0.2) is 17.3 Å². The van der Waals surface area contributed by atoms with E-state index in [-0.39, 0.29) is 17.6 Å². The molecule has 1 aliphatic rings. The Bertz CT molecular complexity index is 1140. The number of methoxy groups -OCH3 is 2. The van der Waals surface area contributed by atoms with Crippen molar-refractivity contribution in [2.24, 2.45) is 5.92 Å². The van der Waals surface area contributed by atoms with Crippen molar-refractivity contribution in [1.29, 1.82) is 0 Å². The molecule has 1 aliphatic heterocycles. The highest BCUT2D eigenvalue weighted by Gasteiger charge is 2.31. The maximum absolute atomic E-state index is 13.3. The van der Waals surface area contributed by atoms with Gasteiger partial charge in [0.05, 0.1) is 31.7 Å². The molecule has 7 nitrogen and oxygen atoms in total. The van der Waals surface area contributed by atoms with Crippen molar-refractivity contribution in [1.82, 2.24) is 15.1 Å². The Kier molecular flexibility index (Phi) is 6.25. The summed E-state index contributed by atoms with van der Waals surface area (Å²) < 4.78 is 10.6. The van der Waals surface area contributed by atoms with Gasteiger partial charge in [-0.15, -0.1) is 0 Å². The van der Waals surface area contributed by atoms with Gasteiger partial charge in [0.2, 0.25) is 0 Å². The van der Waals surface area contributed by atoms with Gasteiger partial charge in [-0.2, -0.15) is 5.10 Å². The molecule has 7 heteroatoms. The molecule has 1 fully saturated rings. The van der Waals surface area contributed by atoms with Gasteiger partial charge in [0, 0.05) is 30.1 Å². The molecule has 1 amide bonds. The third kappa shape index (κ3) is 4.23. The number of hydrogen-bond acceptors (Lipinski definition) is 5. The Labute approximate surface area is 187 Å². The summed E-state index contributed by atoms with van der Waals surface area (Å²) in [7, 11) is 3.11. The fourth-order valence-electron chi connectivity index (χ4n) is 4.24. The molecular weight excluding hydrogens is 406 g/mol. The summed E-state index contributed by atoms with van der Waals surface area (Å²) in [5.41, 5.74) is 3.81. The number of nitrogens with one attached hydrogen (secondary N) is 1. The third-order valence-corrected chi connectivity index (χ3v) is 5.92. The lowest BCUT2D eigenvalue weighted by atomic mass is 9.89. The van der Waals surface area contributed by atoms with E-state index in [2.05, 4.69) is 10.2 Å². The van der Waals surface area contributed by atoms with Crippen LogP contribution in [0.3, 0.4) is 0 Å². The first-order chi connectivity index (χ1) is 15.5. The highest BCUT2D eigenvalue weighted by Crippen LogP contribution is 2.31. The van der Waals surface area contributed by atoms with Crippen molar-refractivity contribution in [2.75, 3.05) is 27.3 Å². The van der Waals surface area contributed by atoms with Gasteiger partial charge in [-0.1, -0.05) is 23.8 Å². The van der Waals surface area contributed by atoms with E-state index in [9.17, 15) is 9.59 Å². The number of H-pyrrole nitrogens is 1. The third-order valence-electron chi connectivity index (χ3n) is 5.92. The lowest BCUT2D eigenvalue weighted by Crippen LogP contribution is -2.42. The zero-order valence-corrected chi connectivity index (χ0v) is 18.6. The van der Waals surface area contributed by atoms with Gasteiger partial charge in [0.1, 0.15) is 0 Å². The molecule has 0 bridgehead atoms. The molecule has 1 unspecified atom stereocenters. The summed E-state index contributed by atoms with van der Waals surface area (Å²) >= 11 is 0. The predicted octanol–water partition coefficient (Wildman–Crippen LogP) is 4.14. The van der Waals surface area contributed by atoms with Gasteiger partial charge >= 0.3 is 0 Å². The van der Waals surface area contributed by atoms with Crippen molar-refractivity contribution >= 4 is 11.7 Å². The number of likely N-dealkylation sites (tertiary alicyclic amines) is 1. The van der Waals surface area contributed by atoms with E-state index in [1.54, 1.807) is 43.5 Å². The van der Waals surface area contributed by atoms with Crippen LogP contribution in [0.5, 0.6) is 11.5 Å². The minimum absolute atomic E-state index is 0.00885. The number of carbonyl (C=O) groups excluding carboxylic acids is 2. The zero-order chi connectivity index (χ0) is 22.7. The normalized spacial score (nSPS) is 16.0. The first-order valence-corrected chi connectivity index (χ1v) is 10.7. The van der Waals surface area contributed by atoms with Gasteiger partial charge in [-0.05, 0) is 44.0 Å². The topological polar surface area (TPSA) is 84.5 Å². The van der Waals surface area contributed by atoms with Crippen LogP contribution in [0.25, 0.3) is 11.3 Å². The fraction of sp³-hybridized carbons (Fsp3) is 0.320. The first kappa shape index (κ1) is 21.6. The second kappa shape index (κ2) is 9.26. The average Bonchev–Trinajstić information content (AvgIpc) is 3.32. The molecule has 2 heterocycles. The van der Waals surface area contributed by atoms with E-state index in [4.69, 9.17) is 9.47 Å². The number of benzene rings is 2. The SMILES string of the molecule is COc1ccc(C(=O)C2CCCN(C(=O)c3cn[nH]c3-c3cccc(C)c3)C2)cc1OC. The molecule has 1 saturated heterocycles. The summed E-state index contributed by atoms with van der Waals surface area (Å²) in [6, 6.07) is 13.1. The summed E-state index contributed by atoms with van der Waals surface area (Å²) in [5.74, 6) is 0.728.